The fraction of sp³-hybridized carbons (Fsp3) is 0.818. The van der Waals surface area contributed by atoms with Crippen LogP contribution in [0.25, 0.3) is 0 Å². The first-order valence-electron chi connectivity index (χ1n) is 5.78. The molecule has 1 aliphatic rings. The third-order valence-electron chi connectivity index (χ3n) is 3.07. The second kappa shape index (κ2) is 5.50. The topological polar surface area (TPSA) is 38.9 Å². The van der Waals surface area contributed by atoms with E-state index < -0.39 is 0 Å². The molecule has 1 saturated carbocycles. The van der Waals surface area contributed by atoms with Crippen LogP contribution < -0.4 is 0 Å². The molecule has 0 bridgehead atoms. The van der Waals surface area contributed by atoms with E-state index in [1.807, 2.05) is 0 Å². The summed E-state index contributed by atoms with van der Waals surface area (Å²) in [5, 5.41) is 4.01. The summed E-state index contributed by atoms with van der Waals surface area (Å²) < 4.78 is 5.05. The molecule has 1 aromatic heterocycles. The summed E-state index contributed by atoms with van der Waals surface area (Å²) in [6, 6.07) is 0. The molecule has 1 heterocycles. The molecular weight excluding hydrogens is 212 g/mol. The van der Waals surface area contributed by atoms with Gasteiger partial charge < -0.3 is 4.52 Å². The van der Waals surface area contributed by atoms with Crippen LogP contribution in [-0.2, 0) is 5.88 Å². The van der Waals surface area contributed by atoms with Gasteiger partial charge in [0.2, 0.25) is 5.89 Å². The summed E-state index contributed by atoms with van der Waals surface area (Å²) >= 11 is 5.64. The lowest BCUT2D eigenvalue weighted by Gasteiger charge is -2.15. The highest BCUT2D eigenvalue weighted by atomic mass is 35.5. The van der Waals surface area contributed by atoms with Crippen molar-refractivity contribution in [2.75, 3.05) is 0 Å². The van der Waals surface area contributed by atoms with Gasteiger partial charge in [0.05, 0.1) is 0 Å². The monoisotopic (exact) mass is 228 g/mol. The lowest BCUT2D eigenvalue weighted by molar-refractivity contribution is 0.369. The summed E-state index contributed by atoms with van der Waals surface area (Å²) in [5.41, 5.74) is 0. The Morgan fingerprint density at radius 1 is 1.13 bits per heavy atom. The van der Waals surface area contributed by atoms with Gasteiger partial charge in [-0.2, -0.15) is 4.98 Å². The van der Waals surface area contributed by atoms with Crippen molar-refractivity contribution >= 4 is 11.6 Å². The van der Waals surface area contributed by atoms with Crippen molar-refractivity contribution in [2.24, 2.45) is 0 Å². The van der Waals surface area contributed by atoms with Crippen LogP contribution in [0.4, 0.5) is 0 Å². The molecule has 4 heteroatoms. The van der Waals surface area contributed by atoms with Crippen molar-refractivity contribution in [1.29, 1.82) is 0 Å². The fourth-order valence-corrected chi connectivity index (χ4v) is 2.31. The summed E-state index contributed by atoms with van der Waals surface area (Å²) in [7, 11) is 0. The van der Waals surface area contributed by atoms with Crippen molar-refractivity contribution in [3.8, 4) is 0 Å². The van der Waals surface area contributed by atoms with Crippen molar-refractivity contribution in [1.82, 2.24) is 10.1 Å². The smallest absolute Gasteiger partial charge is 0.241 e. The highest BCUT2D eigenvalue weighted by Gasteiger charge is 2.18. The van der Waals surface area contributed by atoms with E-state index in [0.717, 1.165) is 5.82 Å². The van der Waals surface area contributed by atoms with Crippen molar-refractivity contribution < 1.29 is 4.52 Å². The molecule has 0 amide bonds. The predicted octanol–water partition coefficient (Wildman–Crippen LogP) is 3.64. The number of halogens is 1. The molecule has 0 N–H and O–H groups in total. The first-order valence-corrected chi connectivity index (χ1v) is 6.32. The molecule has 84 valence electrons. The van der Waals surface area contributed by atoms with Crippen molar-refractivity contribution in [2.45, 2.75) is 56.7 Å². The van der Waals surface area contributed by atoms with Gasteiger partial charge in [0.15, 0.2) is 5.82 Å². The van der Waals surface area contributed by atoms with Gasteiger partial charge in [-0.1, -0.05) is 37.3 Å². The first kappa shape index (κ1) is 10.9. The molecule has 0 radical (unpaired) electrons. The van der Waals surface area contributed by atoms with Gasteiger partial charge >= 0.3 is 0 Å². The van der Waals surface area contributed by atoms with Gasteiger partial charge in [-0.05, 0) is 12.8 Å². The summed E-state index contributed by atoms with van der Waals surface area (Å²) in [5.74, 6) is 2.23. The fourth-order valence-electron chi connectivity index (χ4n) is 2.20. The van der Waals surface area contributed by atoms with E-state index >= 15 is 0 Å². The standard InChI is InChI=1S/C11H17ClN2O/c12-8-10-13-11(14-15-10)9-6-4-2-1-3-5-7-9/h9H,1-8H2. The van der Waals surface area contributed by atoms with E-state index in [1.54, 1.807) is 0 Å². The SMILES string of the molecule is ClCc1nc(C2CCCCCCC2)no1. The van der Waals surface area contributed by atoms with Crippen molar-refractivity contribution in [3.63, 3.8) is 0 Å². The van der Waals surface area contributed by atoms with Crippen LogP contribution in [0.3, 0.4) is 0 Å². The average molecular weight is 229 g/mol. The van der Waals surface area contributed by atoms with Crippen LogP contribution in [0.2, 0.25) is 0 Å². The van der Waals surface area contributed by atoms with E-state index in [-0.39, 0.29) is 0 Å². The summed E-state index contributed by atoms with van der Waals surface area (Å²) in [6.45, 7) is 0. The lowest BCUT2D eigenvalue weighted by Crippen LogP contribution is -2.04. The van der Waals surface area contributed by atoms with Gasteiger partial charge in [0.25, 0.3) is 0 Å². The zero-order valence-corrected chi connectivity index (χ0v) is 9.67. The normalized spacial score (nSPS) is 19.8. The maximum Gasteiger partial charge on any atom is 0.241 e. The van der Waals surface area contributed by atoms with Crippen LogP contribution >= 0.6 is 11.6 Å². The number of alkyl halides is 1. The van der Waals surface area contributed by atoms with E-state index in [0.29, 0.717) is 17.7 Å². The number of rotatable bonds is 2. The number of hydrogen-bond acceptors (Lipinski definition) is 3. The minimum Gasteiger partial charge on any atom is -0.338 e. The van der Waals surface area contributed by atoms with Crippen LogP contribution in [-0.4, -0.2) is 10.1 Å². The van der Waals surface area contributed by atoms with Crippen LogP contribution in [0.1, 0.15) is 62.6 Å². The van der Waals surface area contributed by atoms with Gasteiger partial charge in [0, 0.05) is 5.92 Å². The van der Waals surface area contributed by atoms with Crippen molar-refractivity contribution in [3.05, 3.63) is 11.7 Å². The highest BCUT2D eigenvalue weighted by Crippen LogP contribution is 2.29. The van der Waals surface area contributed by atoms with E-state index in [9.17, 15) is 0 Å². The molecule has 1 aromatic rings. The molecule has 1 aliphatic carbocycles. The molecule has 15 heavy (non-hydrogen) atoms. The Bertz CT molecular complexity index is 293. The van der Waals surface area contributed by atoms with E-state index in [1.165, 1.54) is 44.9 Å². The number of nitrogens with zero attached hydrogens (tertiary/aromatic N) is 2. The molecule has 0 atom stereocenters. The Labute approximate surface area is 95.2 Å². The second-order valence-electron chi connectivity index (χ2n) is 4.22. The first-order chi connectivity index (χ1) is 7.40. The van der Waals surface area contributed by atoms with E-state index in [4.69, 9.17) is 16.1 Å². The van der Waals surface area contributed by atoms with Gasteiger partial charge in [-0.25, -0.2) is 0 Å². The molecular formula is C11H17ClN2O. The maximum atomic E-state index is 5.64. The molecule has 0 spiro atoms. The molecule has 3 nitrogen and oxygen atoms in total. The minimum absolute atomic E-state index is 0.319. The molecule has 1 fully saturated rings. The third-order valence-corrected chi connectivity index (χ3v) is 3.30. The molecule has 0 unspecified atom stereocenters. The number of hydrogen-bond donors (Lipinski definition) is 0. The Kier molecular flexibility index (Phi) is 4.01. The van der Waals surface area contributed by atoms with E-state index in [2.05, 4.69) is 10.1 Å². The van der Waals surface area contributed by atoms with Crippen LogP contribution in [0, 0.1) is 0 Å². The molecule has 0 aliphatic heterocycles. The molecule has 0 saturated heterocycles. The second-order valence-corrected chi connectivity index (χ2v) is 4.49. The predicted molar refractivity (Wildman–Crippen MR) is 58.9 cm³/mol. The highest BCUT2D eigenvalue weighted by molar-refractivity contribution is 6.16. The Hall–Kier alpha value is -0.570. The molecule has 0 aromatic carbocycles. The Morgan fingerprint density at radius 3 is 2.40 bits per heavy atom. The molecule has 2 rings (SSSR count). The lowest BCUT2D eigenvalue weighted by atomic mass is 9.91. The van der Waals surface area contributed by atoms with Gasteiger partial charge in [0.1, 0.15) is 5.88 Å². The summed E-state index contributed by atoms with van der Waals surface area (Å²) in [4.78, 5) is 4.31. The third kappa shape index (κ3) is 2.94. The van der Waals surface area contributed by atoms with Gasteiger partial charge in [-0.15, -0.1) is 11.6 Å². The Balaban J connectivity index is 2.00. The zero-order chi connectivity index (χ0) is 10.5. The minimum atomic E-state index is 0.319. The van der Waals surface area contributed by atoms with Gasteiger partial charge in [-0.3, -0.25) is 0 Å². The maximum absolute atomic E-state index is 5.64. The zero-order valence-electron chi connectivity index (χ0n) is 8.91. The quantitative estimate of drug-likeness (QED) is 0.726. The van der Waals surface area contributed by atoms with Crippen LogP contribution in [0.5, 0.6) is 0 Å². The largest absolute Gasteiger partial charge is 0.338 e. The Morgan fingerprint density at radius 2 is 1.80 bits per heavy atom. The summed E-state index contributed by atoms with van der Waals surface area (Å²) in [6.07, 6.45) is 9.03. The van der Waals surface area contributed by atoms with Crippen LogP contribution in [0.15, 0.2) is 4.52 Å². The number of aromatic nitrogens is 2. The average Bonchev–Trinajstić information content (AvgIpc) is 2.65.